The monoisotopic (exact) mass is 955 g/mol. The quantitative estimate of drug-likeness (QED) is 0.152. The van der Waals surface area contributed by atoms with E-state index in [0.717, 1.165) is 61.7 Å². The van der Waals surface area contributed by atoms with Crippen LogP contribution in [0.3, 0.4) is 0 Å². The summed E-state index contributed by atoms with van der Waals surface area (Å²) in [6.45, 7) is 0. The van der Waals surface area contributed by atoms with Crippen LogP contribution in [0.5, 0.6) is 0 Å². The molecule has 350 valence electrons. The van der Waals surface area contributed by atoms with Crippen molar-refractivity contribution in [2.24, 2.45) is 0 Å². The minimum absolute atomic E-state index is 0.695. The standard InChI is InChI=1S/C70H45N5/c1-4-15-46(16-5-1)48-27-29-50(30-28-48)61-45-62(72-70(71-61)52-20-8-3-9-21-52)51-31-34-54(35-32-51)74-64-26-13-12-25-58(64)59-37-36-55(44-67(59)74)73-42-41-60-63(73)39-40-66-69(60)68-57-24-11-10-19-49(57)33-38-65(68)75(66)56-23-14-22-53(43-56)47-17-6-2-7-18-47/h1-45H. The van der Waals surface area contributed by atoms with Crippen molar-refractivity contribution in [3.8, 4) is 73.2 Å². The zero-order valence-electron chi connectivity index (χ0n) is 40.7. The first-order valence-corrected chi connectivity index (χ1v) is 25.6. The summed E-state index contributed by atoms with van der Waals surface area (Å²) in [6.07, 6.45) is 2.24. The average molecular weight is 956 g/mol. The summed E-state index contributed by atoms with van der Waals surface area (Å²) >= 11 is 0. The molecular formula is C70H45N5. The van der Waals surface area contributed by atoms with Crippen LogP contribution in [0, 0.1) is 0 Å². The van der Waals surface area contributed by atoms with Crippen molar-refractivity contribution in [2.45, 2.75) is 0 Å². The van der Waals surface area contributed by atoms with Gasteiger partial charge in [0, 0.05) is 66.9 Å². The molecule has 0 bridgehead atoms. The Morgan fingerprint density at radius 3 is 1.51 bits per heavy atom. The van der Waals surface area contributed by atoms with E-state index in [0.29, 0.717) is 5.82 Å². The SMILES string of the molecule is c1ccc(-c2ccc(-c3cc(-c4ccc(-n5c6ccccc6c6ccc(-n7ccc8c9c%10c%11ccccc%11ccc%10n(-c%10cccc(-c%11ccccc%11)c%10)c9ccc87)cc65)cc4)nc(-c4ccccc4)n3)cc2)cc1. The molecule has 0 fully saturated rings. The van der Waals surface area contributed by atoms with Gasteiger partial charge in [0.25, 0.3) is 0 Å². The molecule has 0 aliphatic rings. The molecule has 11 aromatic carbocycles. The molecule has 4 aromatic heterocycles. The van der Waals surface area contributed by atoms with Crippen LogP contribution in [-0.2, 0) is 0 Å². The number of hydrogen-bond acceptors (Lipinski definition) is 2. The number of rotatable bonds is 8. The van der Waals surface area contributed by atoms with Crippen LogP contribution < -0.4 is 0 Å². The Morgan fingerprint density at radius 1 is 0.253 bits per heavy atom. The van der Waals surface area contributed by atoms with E-state index in [1.54, 1.807) is 0 Å². The van der Waals surface area contributed by atoms with Gasteiger partial charge in [-0.25, -0.2) is 9.97 Å². The van der Waals surface area contributed by atoms with Gasteiger partial charge in [0.05, 0.1) is 39.0 Å². The molecule has 15 aromatic rings. The third-order valence-electron chi connectivity index (χ3n) is 15.1. The van der Waals surface area contributed by atoms with Gasteiger partial charge in [-0.1, -0.05) is 194 Å². The molecule has 0 saturated heterocycles. The zero-order chi connectivity index (χ0) is 49.4. The lowest BCUT2D eigenvalue weighted by Crippen LogP contribution is -1.98. The molecule has 5 heteroatoms. The molecule has 5 nitrogen and oxygen atoms in total. The Labute approximate surface area is 433 Å². The highest BCUT2D eigenvalue weighted by molar-refractivity contribution is 6.28. The zero-order valence-corrected chi connectivity index (χ0v) is 40.7. The van der Waals surface area contributed by atoms with E-state index < -0.39 is 0 Å². The normalized spacial score (nSPS) is 11.7. The molecule has 0 unspecified atom stereocenters. The number of aromatic nitrogens is 5. The number of hydrogen-bond donors (Lipinski definition) is 0. The maximum absolute atomic E-state index is 5.18. The van der Waals surface area contributed by atoms with E-state index in [2.05, 4.69) is 263 Å². The first kappa shape index (κ1) is 42.6. The van der Waals surface area contributed by atoms with E-state index in [9.17, 15) is 0 Å². The number of nitrogens with zero attached hydrogens (tertiary/aromatic N) is 5. The van der Waals surface area contributed by atoms with Crippen LogP contribution >= 0.6 is 0 Å². The fraction of sp³-hybridized carbons (Fsp3) is 0. The number of fused-ring (bicyclic) bond motifs is 10. The summed E-state index contributed by atoms with van der Waals surface area (Å²) in [5, 5.41) is 8.64. The van der Waals surface area contributed by atoms with E-state index in [1.807, 2.05) is 24.3 Å². The first-order valence-electron chi connectivity index (χ1n) is 25.6. The van der Waals surface area contributed by atoms with E-state index in [-0.39, 0.29) is 0 Å². The summed E-state index contributed by atoms with van der Waals surface area (Å²) in [5.41, 5.74) is 18.7. The second-order valence-corrected chi connectivity index (χ2v) is 19.4. The number of benzene rings is 11. The maximum Gasteiger partial charge on any atom is 0.160 e. The second kappa shape index (κ2) is 17.3. The van der Waals surface area contributed by atoms with E-state index >= 15 is 0 Å². The van der Waals surface area contributed by atoms with E-state index in [4.69, 9.17) is 9.97 Å². The summed E-state index contributed by atoms with van der Waals surface area (Å²) in [4.78, 5) is 10.3. The van der Waals surface area contributed by atoms with Gasteiger partial charge in [-0.05, 0) is 106 Å². The molecule has 0 aliphatic carbocycles. The Kier molecular flexibility index (Phi) is 9.82. The molecule has 75 heavy (non-hydrogen) atoms. The fourth-order valence-electron chi connectivity index (χ4n) is 11.5. The minimum atomic E-state index is 0.695. The van der Waals surface area contributed by atoms with Crippen molar-refractivity contribution >= 4 is 65.3 Å². The van der Waals surface area contributed by atoms with Crippen molar-refractivity contribution in [3.05, 3.63) is 273 Å². The third kappa shape index (κ3) is 7.08. The molecule has 4 heterocycles. The highest BCUT2D eigenvalue weighted by Crippen LogP contribution is 2.43. The Bertz CT molecular complexity index is 4660. The predicted octanol–water partition coefficient (Wildman–Crippen LogP) is 18.1. The molecular weight excluding hydrogens is 911 g/mol. The number of para-hydroxylation sites is 1. The van der Waals surface area contributed by atoms with Crippen LogP contribution in [0.25, 0.3) is 139 Å². The second-order valence-electron chi connectivity index (χ2n) is 19.4. The smallest absolute Gasteiger partial charge is 0.160 e. The molecule has 15 rings (SSSR count). The van der Waals surface area contributed by atoms with Crippen LogP contribution in [0.4, 0.5) is 0 Å². The van der Waals surface area contributed by atoms with Gasteiger partial charge >= 0.3 is 0 Å². The van der Waals surface area contributed by atoms with Crippen molar-refractivity contribution in [1.82, 2.24) is 23.7 Å². The summed E-state index contributed by atoms with van der Waals surface area (Å²) in [5.74, 6) is 0.695. The van der Waals surface area contributed by atoms with Gasteiger partial charge < -0.3 is 13.7 Å². The first-order chi connectivity index (χ1) is 37.2. The van der Waals surface area contributed by atoms with Crippen LogP contribution in [0.15, 0.2) is 273 Å². The topological polar surface area (TPSA) is 40.6 Å². The largest absolute Gasteiger partial charge is 0.316 e. The Morgan fingerprint density at radius 2 is 0.773 bits per heavy atom. The van der Waals surface area contributed by atoms with Gasteiger partial charge in [0.1, 0.15) is 0 Å². The Hall–Kier alpha value is -10.1. The summed E-state index contributed by atoms with van der Waals surface area (Å²) in [6, 6.07) is 95.9. The molecule has 0 saturated carbocycles. The summed E-state index contributed by atoms with van der Waals surface area (Å²) < 4.78 is 7.21. The average Bonchev–Trinajstić information content (AvgIpc) is 4.19. The van der Waals surface area contributed by atoms with Gasteiger partial charge in [-0.2, -0.15) is 0 Å². The van der Waals surface area contributed by atoms with Crippen LogP contribution in [0.1, 0.15) is 0 Å². The molecule has 0 amide bonds. The van der Waals surface area contributed by atoms with Gasteiger partial charge in [0.2, 0.25) is 0 Å². The Balaban J connectivity index is 0.850. The van der Waals surface area contributed by atoms with Crippen LogP contribution in [0.2, 0.25) is 0 Å². The highest BCUT2D eigenvalue weighted by Gasteiger charge is 2.21. The maximum atomic E-state index is 5.18. The molecule has 0 spiro atoms. The molecule has 0 radical (unpaired) electrons. The van der Waals surface area contributed by atoms with Crippen LogP contribution in [-0.4, -0.2) is 23.7 Å². The van der Waals surface area contributed by atoms with E-state index in [1.165, 1.54) is 71.0 Å². The van der Waals surface area contributed by atoms with Crippen molar-refractivity contribution in [3.63, 3.8) is 0 Å². The van der Waals surface area contributed by atoms with Gasteiger partial charge in [-0.3, -0.25) is 0 Å². The van der Waals surface area contributed by atoms with Crippen molar-refractivity contribution in [1.29, 1.82) is 0 Å². The molecule has 0 aliphatic heterocycles. The lowest BCUT2D eigenvalue weighted by atomic mass is 10.0. The highest BCUT2D eigenvalue weighted by atomic mass is 15.0. The third-order valence-corrected chi connectivity index (χ3v) is 15.1. The van der Waals surface area contributed by atoms with Gasteiger partial charge in [0.15, 0.2) is 5.82 Å². The lowest BCUT2D eigenvalue weighted by molar-refractivity contribution is 1.12. The molecule has 0 atom stereocenters. The summed E-state index contributed by atoms with van der Waals surface area (Å²) in [7, 11) is 0. The predicted molar refractivity (Wildman–Crippen MR) is 312 cm³/mol. The fourth-order valence-corrected chi connectivity index (χ4v) is 11.5. The lowest BCUT2D eigenvalue weighted by Gasteiger charge is -2.13. The minimum Gasteiger partial charge on any atom is -0.316 e. The molecule has 0 N–H and O–H groups in total. The van der Waals surface area contributed by atoms with Crippen molar-refractivity contribution < 1.29 is 0 Å². The van der Waals surface area contributed by atoms with Crippen molar-refractivity contribution in [2.75, 3.05) is 0 Å². The van der Waals surface area contributed by atoms with Gasteiger partial charge in [-0.15, -0.1) is 0 Å².